The third-order valence-corrected chi connectivity index (χ3v) is 3.99. The average Bonchev–Trinajstić information content (AvgIpc) is 2.94. The Morgan fingerprint density at radius 1 is 1.19 bits per heavy atom. The van der Waals surface area contributed by atoms with Crippen molar-refractivity contribution in [3.05, 3.63) is 0 Å². The van der Waals surface area contributed by atoms with Gasteiger partial charge in [-0.1, -0.05) is 0 Å². The third-order valence-electron chi connectivity index (χ3n) is 3.99. The molecule has 0 bridgehead atoms. The maximum absolute atomic E-state index is 11.9. The molecule has 21 heavy (non-hydrogen) atoms. The van der Waals surface area contributed by atoms with E-state index in [-0.39, 0.29) is 24.4 Å². The number of rotatable bonds is 4. The van der Waals surface area contributed by atoms with Crippen molar-refractivity contribution >= 4 is 17.9 Å². The predicted molar refractivity (Wildman–Crippen MR) is 74.7 cm³/mol. The van der Waals surface area contributed by atoms with Gasteiger partial charge >= 0.3 is 12.0 Å². The molecule has 1 saturated carbocycles. The fraction of sp³-hybridized carbons (Fsp3) is 0.769. The van der Waals surface area contributed by atoms with Crippen LogP contribution in [0.4, 0.5) is 4.79 Å². The zero-order valence-electron chi connectivity index (χ0n) is 11.9. The lowest BCUT2D eigenvalue weighted by atomic mass is 10.1. The maximum atomic E-state index is 11.9. The fourth-order valence-electron chi connectivity index (χ4n) is 2.76. The van der Waals surface area contributed by atoms with Crippen LogP contribution in [0, 0.1) is 5.92 Å². The highest BCUT2D eigenvalue weighted by molar-refractivity contribution is 5.84. The van der Waals surface area contributed by atoms with Gasteiger partial charge in [-0.3, -0.25) is 9.59 Å². The number of piperazine rings is 1. The largest absolute Gasteiger partial charge is 0.481 e. The number of carbonyl (C=O) groups is 3. The van der Waals surface area contributed by atoms with Crippen molar-refractivity contribution in [3.8, 4) is 0 Å². The first kappa shape index (κ1) is 15.6. The molecule has 1 aliphatic heterocycles. The van der Waals surface area contributed by atoms with E-state index < -0.39 is 12.0 Å². The number of aliphatic carboxylic acids is 1. The van der Waals surface area contributed by atoms with Gasteiger partial charge in [0, 0.05) is 32.2 Å². The van der Waals surface area contributed by atoms with Gasteiger partial charge < -0.3 is 26.0 Å². The van der Waals surface area contributed by atoms with E-state index in [4.69, 9.17) is 5.11 Å². The topological polar surface area (TPSA) is 111 Å². The molecular formula is C13H22N4O4. The summed E-state index contributed by atoms with van der Waals surface area (Å²) < 4.78 is 0. The highest BCUT2D eigenvalue weighted by Gasteiger charge is 2.30. The normalized spacial score (nSPS) is 25.4. The lowest BCUT2D eigenvalue weighted by Crippen LogP contribution is -2.51. The van der Waals surface area contributed by atoms with Crippen LogP contribution in [0.1, 0.15) is 19.3 Å². The molecule has 8 nitrogen and oxygen atoms in total. The SMILES string of the molecule is O=C(NCC(=O)N1CCNCC1)N[C@H]1CC[C@@H](C(=O)O)C1. The van der Waals surface area contributed by atoms with Crippen LogP contribution in [0.15, 0.2) is 0 Å². The molecule has 4 N–H and O–H groups in total. The molecule has 2 atom stereocenters. The van der Waals surface area contributed by atoms with E-state index in [2.05, 4.69) is 16.0 Å². The Morgan fingerprint density at radius 3 is 2.52 bits per heavy atom. The number of carbonyl (C=O) groups excluding carboxylic acids is 2. The number of nitrogens with zero attached hydrogens (tertiary/aromatic N) is 1. The number of hydrogen-bond acceptors (Lipinski definition) is 4. The molecule has 8 heteroatoms. The second-order valence-corrected chi connectivity index (χ2v) is 5.50. The molecule has 0 radical (unpaired) electrons. The lowest BCUT2D eigenvalue weighted by Gasteiger charge is -2.27. The molecule has 2 fully saturated rings. The predicted octanol–water partition coefficient (Wildman–Crippen LogP) is -1.03. The van der Waals surface area contributed by atoms with Crippen molar-refractivity contribution in [3.63, 3.8) is 0 Å². The van der Waals surface area contributed by atoms with Crippen molar-refractivity contribution in [1.29, 1.82) is 0 Å². The summed E-state index contributed by atoms with van der Waals surface area (Å²) in [6, 6.07) is -0.532. The van der Waals surface area contributed by atoms with Crippen LogP contribution in [0.2, 0.25) is 0 Å². The molecule has 2 aliphatic rings. The molecule has 0 unspecified atom stereocenters. The van der Waals surface area contributed by atoms with Crippen molar-refractivity contribution in [2.75, 3.05) is 32.7 Å². The molecule has 0 aromatic rings. The van der Waals surface area contributed by atoms with Crippen molar-refractivity contribution in [2.45, 2.75) is 25.3 Å². The van der Waals surface area contributed by atoms with E-state index in [0.29, 0.717) is 32.4 Å². The monoisotopic (exact) mass is 298 g/mol. The summed E-state index contributed by atoms with van der Waals surface area (Å²) >= 11 is 0. The first-order chi connectivity index (χ1) is 10.1. The van der Waals surface area contributed by atoms with Gasteiger partial charge in [-0.05, 0) is 19.3 Å². The van der Waals surface area contributed by atoms with Gasteiger partial charge in [-0.2, -0.15) is 0 Å². The molecule has 2 rings (SSSR count). The fourth-order valence-corrected chi connectivity index (χ4v) is 2.76. The number of urea groups is 1. The summed E-state index contributed by atoms with van der Waals surface area (Å²) in [6.07, 6.45) is 1.70. The molecular weight excluding hydrogens is 276 g/mol. The van der Waals surface area contributed by atoms with Crippen LogP contribution in [0.5, 0.6) is 0 Å². The lowest BCUT2D eigenvalue weighted by molar-refractivity contribution is -0.141. The quantitative estimate of drug-likeness (QED) is 0.530. The summed E-state index contributed by atoms with van der Waals surface area (Å²) in [4.78, 5) is 36.1. The Balaban J connectivity index is 1.65. The summed E-state index contributed by atoms with van der Waals surface area (Å²) in [7, 11) is 0. The van der Waals surface area contributed by atoms with Crippen molar-refractivity contribution in [2.24, 2.45) is 5.92 Å². The van der Waals surface area contributed by atoms with E-state index in [1.165, 1.54) is 0 Å². The molecule has 1 saturated heterocycles. The van der Waals surface area contributed by atoms with Gasteiger partial charge in [0.1, 0.15) is 0 Å². The number of carboxylic acid groups (broad SMARTS) is 1. The first-order valence-electron chi connectivity index (χ1n) is 7.32. The Morgan fingerprint density at radius 2 is 1.90 bits per heavy atom. The maximum Gasteiger partial charge on any atom is 0.315 e. The average molecular weight is 298 g/mol. The van der Waals surface area contributed by atoms with Crippen molar-refractivity contribution < 1.29 is 19.5 Å². The summed E-state index contributed by atoms with van der Waals surface area (Å²) in [6.45, 7) is 2.84. The summed E-state index contributed by atoms with van der Waals surface area (Å²) in [5.41, 5.74) is 0. The van der Waals surface area contributed by atoms with E-state index >= 15 is 0 Å². The van der Waals surface area contributed by atoms with E-state index in [9.17, 15) is 14.4 Å². The standard InChI is InChI=1S/C13H22N4O4/c18-11(17-5-3-14-4-6-17)8-15-13(21)16-10-2-1-9(7-10)12(19)20/h9-10,14H,1-8H2,(H,19,20)(H2,15,16,21)/t9-,10+/m1/s1. The van der Waals surface area contributed by atoms with Crippen LogP contribution in [-0.2, 0) is 9.59 Å². The summed E-state index contributed by atoms with van der Waals surface area (Å²) in [5.74, 6) is -1.28. The van der Waals surface area contributed by atoms with E-state index in [1.807, 2.05) is 0 Å². The van der Waals surface area contributed by atoms with Gasteiger partial charge in [0.25, 0.3) is 0 Å². The zero-order chi connectivity index (χ0) is 15.2. The third kappa shape index (κ3) is 4.59. The zero-order valence-corrected chi connectivity index (χ0v) is 11.9. The Labute approximate surface area is 123 Å². The van der Waals surface area contributed by atoms with Crippen LogP contribution >= 0.6 is 0 Å². The van der Waals surface area contributed by atoms with Crippen LogP contribution in [0.3, 0.4) is 0 Å². The number of nitrogens with one attached hydrogen (secondary N) is 3. The second-order valence-electron chi connectivity index (χ2n) is 5.50. The Kier molecular flexibility index (Phi) is 5.38. The Bertz CT molecular complexity index is 409. The van der Waals surface area contributed by atoms with Gasteiger partial charge in [0.15, 0.2) is 0 Å². The Hall–Kier alpha value is -1.83. The number of carboxylic acids is 1. The van der Waals surface area contributed by atoms with E-state index in [0.717, 1.165) is 13.1 Å². The van der Waals surface area contributed by atoms with Gasteiger partial charge in [0.05, 0.1) is 12.5 Å². The minimum absolute atomic E-state index is 0.0269. The van der Waals surface area contributed by atoms with Crippen LogP contribution in [-0.4, -0.2) is 66.7 Å². The molecule has 118 valence electrons. The number of hydrogen-bond donors (Lipinski definition) is 4. The molecule has 0 aromatic carbocycles. The minimum atomic E-state index is -0.811. The smallest absolute Gasteiger partial charge is 0.315 e. The van der Waals surface area contributed by atoms with Crippen molar-refractivity contribution in [1.82, 2.24) is 20.9 Å². The molecule has 3 amide bonds. The summed E-state index contributed by atoms with van der Waals surface area (Å²) in [5, 5.41) is 17.3. The highest BCUT2D eigenvalue weighted by Crippen LogP contribution is 2.25. The van der Waals surface area contributed by atoms with Crippen LogP contribution in [0.25, 0.3) is 0 Å². The first-order valence-corrected chi connectivity index (χ1v) is 7.32. The molecule has 0 spiro atoms. The van der Waals surface area contributed by atoms with Gasteiger partial charge in [0.2, 0.25) is 5.91 Å². The number of amides is 3. The molecule has 1 aliphatic carbocycles. The second kappa shape index (κ2) is 7.26. The molecule has 0 aromatic heterocycles. The van der Waals surface area contributed by atoms with E-state index in [1.54, 1.807) is 4.90 Å². The van der Waals surface area contributed by atoms with Gasteiger partial charge in [-0.15, -0.1) is 0 Å². The molecule has 1 heterocycles. The highest BCUT2D eigenvalue weighted by atomic mass is 16.4. The minimum Gasteiger partial charge on any atom is -0.481 e. The van der Waals surface area contributed by atoms with Crippen LogP contribution < -0.4 is 16.0 Å². The van der Waals surface area contributed by atoms with Gasteiger partial charge in [-0.25, -0.2) is 4.79 Å².